The highest BCUT2D eigenvalue weighted by molar-refractivity contribution is 5.78. The van der Waals surface area contributed by atoms with Gasteiger partial charge in [0, 0.05) is 5.56 Å². The normalized spacial score (nSPS) is 10.0. The Bertz CT molecular complexity index is 676. The Hall–Kier alpha value is -2.82. The molecule has 0 radical (unpaired) electrons. The highest BCUT2D eigenvalue weighted by Gasteiger charge is 2.11. The minimum atomic E-state index is -0.436. The van der Waals surface area contributed by atoms with Crippen LogP contribution in [-0.4, -0.2) is 26.0 Å². The number of aryl methyl sites for hydroxylation is 1. The van der Waals surface area contributed by atoms with Gasteiger partial charge in [0.2, 0.25) is 0 Å². The summed E-state index contributed by atoms with van der Waals surface area (Å²) in [5, 5.41) is 0. The number of hydrogen-bond acceptors (Lipinski definition) is 5. The topological polar surface area (TPSA) is 61.8 Å². The lowest BCUT2D eigenvalue weighted by Gasteiger charge is -2.10. The third-order valence-electron chi connectivity index (χ3n) is 3.14. The summed E-state index contributed by atoms with van der Waals surface area (Å²) in [5.41, 5.74) is 1.59. The molecule has 5 nitrogen and oxygen atoms in total. The first-order valence-electron chi connectivity index (χ1n) is 7.15. The summed E-state index contributed by atoms with van der Waals surface area (Å²) in [5.74, 6) is 0.881. The van der Waals surface area contributed by atoms with Crippen LogP contribution in [0.1, 0.15) is 22.3 Å². The number of aldehydes is 1. The Morgan fingerprint density at radius 2 is 1.83 bits per heavy atom. The number of carbonyl (C=O) groups is 2. The molecular weight excluding hydrogens is 296 g/mol. The van der Waals surface area contributed by atoms with E-state index in [-0.39, 0.29) is 18.8 Å². The molecule has 0 saturated carbocycles. The summed E-state index contributed by atoms with van der Waals surface area (Å²) in [4.78, 5) is 22.6. The van der Waals surface area contributed by atoms with E-state index < -0.39 is 5.97 Å². The van der Waals surface area contributed by atoms with E-state index in [2.05, 4.69) is 0 Å². The molecule has 23 heavy (non-hydrogen) atoms. The van der Waals surface area contributed by atoms with Gasteiger partial charge in [0.25, 0.3) is 0 Å². The van der Waals surface area contributed by atoms with Gasteiger partial charge >= 0.3 is 5.97 Å². The Labute approximate surface area is 134 Å². The highest BCUT2D eigenvalue weighted by atomic mass is 16.6. The smallest absolute Gasteiger partial charge is 0.314 e. The zero-order chi connectivity index (χ0) is 16.7. The van der Waals surface area contributed by atoms with Crippen molar-refractivity contribution < 1.29 is 23.8 Å². The van der Waals surface area contributed by atoms with Gasteiger partial charge in [0.05, 0.1) is 20.1 Å². The van der Waals surface area contributed by atoms with Crippen molar-refractivity contribution in [2.24, 2.45) is 0 Å². The van der Waals surface area contributed by atoms with Gasteiger partial charge in [-0.1, -0.05) is 17.7 Å². The van der Waals surface area contributed by atoms with Crippen LogP contribution in [0, 0.1) is 6.92 Å². The van der Waals surface area contributed by atoms with Crippen molar-refractivity contribution in [1.29, 1.82) is 0 Å². The fourth-order valence-electron chi connectivity index (χ4n) is 1.90. The lowest BCUT2D eigenvalue weighted by Crippen LogP contribution is -2.13. The fourth-order valence-corrected chi connectivity index (χ4v) is 1.90. The van der Waals surface area contributed by atoms with Gasteiger partial charge in [-0.25, -0.2) is 0 Å². The van der Waals surface area contributed by atoms with E-state index in [1.54, 1.807) is 6.07 Å². The monoisotopic (exact) mass is 314 g/mol. The largest absolute Gasteiger partial charge is 0.493 e. The highest BCUT2D eigenvalue weighted by Crippen LogP contribution is 2.27. The van der Waals surface area contributed by atoms with Crippen LogP contribution >= 0.6 is 0 Å². The van der Waals surface area contributed by atoms with Gasteiger partial charge in [-0.3, -0.25) is 9.59 Å². The number of methoxy groups -OCH3 is 1. The summed E-state index contributed by atoms with van der Waals surface area (Å²) in [7, 11) is 1.45. The first kappa shape index (κ1) is 16.5. The first-order valence-corrected chi connectivity index (χ1v) is 7.15. The molecule has 0 aromatic heterocycles. The summed E-state index contributed by atoms with van der Waals surface area (Å²) >= 11 is 0. The third-order valence-corrected chi connectivity index (χ3v) is 3.14. The van der Waals surface area contributed by atoms with Gasteiger partial charge < -0.3 is 14.2 Å². The van der Waals surface area contributed by atoms with Crippen molar-refractivity contribution in [3.8, 4) is 17.2 Å². The molecule has 0 atom stereocenters. The Kier molecular flexibility index (Phi) is 5.74. The first-order chi connectivity index (χ1) is 11.1. The van der Waals surface area contributed by atoms with Crippen molar-refractivity contribution in [3.05, 3.63) is 53.6 Å². The molecule has 0 bridgehead atoms. The number of carbonyl (C=O) groups excluding carboxylic acids is 2. The van der Waals surface area contributed by atoms with Gasteiger partial charge in [0.1, 0.15) is 12.0 Å². The fraction of sp³-hybridized carbons (Fsp3) is 0.222. The minimum absolute atomic E-state index is 0.104. The number of hydrogen-bond donors (Lipinski definition) is 0. The molecule has 0 spiro atoms. The molecular formula is C18H18O5. The predicted octanol–water partition coefficient (Wildman–Crippen LogP) is 3.19. The zero-order valence-electron chi connectivity index (χ0n) is 13.1. The number of benzene rings is 2. The van der Waals surface area contributed by atoms with Crippen molar-refractivity contribution >= 4 is 12.3 Å². The van der Waals surface area contributed by atoms with Gasteiger partial charge in [0.15, 0.2) is 11.5 Å². The summed E-state index contributed by atoms with van der Waals surface area (Å²) in [6.45, 7) is 2.21. The van der Waals surface area contributed by atoms with Crippen LogP contribution in [0.4, 0.5) is 0 Å². The van der Waals surface area contributed by atoms with Gasteiger partial charge in [-0.15, -0.1) is 0 Å². The molecule has 0 fully saturated rings. The Morgan fingerprint density at radius 3 is 2.48 bits per heavy atom. The van der Waals surface area contributed by atoms with Crippen LogP contribution in [0.15, 0.2) is 42.5 Å². The van der Waals surface area contributed by atoms with Crippen LogP contribution in [0.25, 0.3) is 0 Å². The molecule has 0 amide bonds. The molecule has 120 valence electrons. The summed E-state index contributed by atoms with van der Waals surface area (Å²) in [6, 6.07) is 12.2. The van der Waals surface area contributed by atoms with Crippen molar-refractivity contribution in [1.82, 2.24) is 0 Å². The molecule has 0 N–H and O–H groups in total. The van der Waals surface area contributed by atoms with E-state index >= 15 is 0 Å². The Morgan fingerprint density at radius 1 is 1.09 bits per heavy atom. The molecule has 2 rings (SSSR count). The maximum Gasteiger partial charge on any atom is 0.314 e. The number of esters is 1. The van der Waals surface area contributed by atoms with Crippen LogP contribution in [-0.2, 0) is 4.79 Å². The van der Waals surface area contributed by atoms with Crippen molar-refractivity contribution in [2.75, 3.05) is 13.7 Å². The van der Waals surface area contributed by atoms with E-state index in [9.17, 15) is 9.59 Å². The van der Waals surface area contributed by atoms with E-state index in [1.165, 1.54) is 19.2 Å². The molecule has 5 heteroatoms. The van der Waals surface area contributed by atoms with E-state index in [0.29, 0.717) is 23.3 Å². The van der Waals surface area contributed by atoms with Gasteiger partial charge in [-0.2, -0.15) is 0 Å². The molecule has 0 heterocycles. The average molecular weight is 314 g/mol. The van der Waals surface area contributed by atoms with Crippen molar-refractivity contribution in [2.45, 2.75) is 13.3 Å². The molecule has 0 aliphatic heterocycles. The van der Waals surface area contributed by atoms with E-state index in [4.69, 9.17) is 14.2 Å². The maximum atomic E-state index is 11.9. The predicted molar refractivity (Wildman–Crippen MR) is 85.3 cm³/mol. The SMILES string of the molecule is COc1cc(C=O)ccc1OC(=O)CCOc1ccc(C)cc1. The average Bonchev–Trinajstić information content (AvgIpc) is 2.57. The number of ether oxygens (including phenoxy) is 3. The molecule has 0 aliphatic carbocycles. The third kappa shape index (κ3) is 4.85. The molecule has 0 aliphatic rings. The summed E-state index contributed by atoms with van der Waals surface area (Å²) < 4.78 is 15.8. The molecule has 2 aromatic carbocycles. The molecule has 0 unspecified atom stereocenters. The number of rotatable bonds is 7. The van der Waals surface area contributed by atoms with Crippen LogP contribution < -0.4 is 14.2 Å². The second-order valence-corrected chi connectivity index (χ2v) is 4.91. The molecule has 2 aromatic rings. The maximum absolute atomic E-state index is 11.9. The van der Waals surface area contributed by atoms with Crippen molar-refractivity contribution in [3.63, 3.8) is 0 Å². The van der Waals surface area contributed by atoms with Crippen LogP contribution in [0.5, 0.6) is 17.2 Å². The standard InChI is InChI=1S/C18H18O5/c1-13-3-6-15(7-4-13)22-10-9-18(20)23-16-8-5-14(12-19)11-17(16)21-2/h3-8,11-12H,9-10H2,1-2H3. The summed E-state index contributed by atoms with van der Waals surface area (Å²) in [6.07, 6.45) is 0.802. The second-order valence-electron chi connectivity index (χ2n) is 4.91. The van der Waals surface area contributed by atoms with Crippen LogP contribution in [0.2, 0.25) is 0 Å². The lowest BCUT2D eigenvalue weighted by molar-refractivity contribution is -0.135. The molecule has 0 saturated heterocycles. The van der Waals surface area contributed by atoms with E-state index in [0.717, 1.165) is 5.56 Å². The second kappa shape index (κ2) is 7.98. The minimum Gasteiger partial charge on any atom is -0.493 e. The van der Waals surface area contributed by atoms with Crippen LogP contribution in [0.3, 0.4) is 0 Å². The zero-order valence-corrected chi connectivity index (χ0v) is 13.1. The van der Waals surface area contributed by atoms with E-state index in [1.807, 2.05) is 31.2 Å². The van der Waals surface area contributed by atoms with Gasteiger partial charge in [-0.05, 0) is 37.3 Å². The quantitative estimate of drug-likeness (QED) is 0.446. The lowest BCUT2D eigenvalue weighted by atomic mass is 10.2. The Balaban J connectivity index is 1.87.